The van der Waals surface area contributed by atoms with Crippen LogP contribution in [0.3, 0.4) is 0 Å². The molecule has 0 aliphatic heterocycles. The van der Waals surface area contributed by atoms with Gasteiger partial charge in [0.15, 0.2) is 0 Å². The van der Waals surface area contributed by atoms with Crippen molar-refractivity contribution in [2.45, 2.75) is 0 Å². The largest absolute Gasteiger partial charge is 0.496 e. The maximum atomic E-state index is 12.3. The molecule has 0 aromatic heterocycles. The molecule has 6 nitrogen and oxygen atoms in total. The highest BCUT2D eigenvalue weighted by atomic mass is 16.5. The lowest BCUT2D eigenvalue weighted by Crippen LogP contribution is -2.15. The van der Waals surface area contributed by atoms with Gasteiger partial charge in [-0.25, -0.2) is 9.59 Å². The topological polar surface area (TPSA) is 71.1 Å². The molecule has 0 saturated heterocycles. The van der Waals surface area contributed by atoms with E-state index in [0.717, 1.165) is 5.56 Å². The number of methoxy groups -OCH3 is 4. The minimum absolute atomic E-state index is 0.00787. The number of benzene rings is 2. The van der Waals surface area contributed by atoms with Crippen molar-refractivity contribution in [3.05, 3.63) is 47.5 Å². The predicted molar refractivity (Wildman–Crippen MR) is 87.7 cm³/mol. The first-order valence-corrected chi connectivity index (χ1v) is 7.10. The average Bonchev–Trinajstić information content (AvgIpc) is 2.65. The second-order valence-electron chi connectivity index (χ2n) is 4.76. The van der Waals surface area contributed by atoms with E-state index in [0.29, 0.717) is 11.3 Å². The van der Waals surface area contributed by atoms with E-state index >= 15 is 0 Å². The Hall–Kier alpha value is -3.02. The number of hydrogen-bond donors (Lipinski definition) is 0. The summed E-state index contributed by atoms with van der Waals surface area (Å²) < 4.78 is 20.4. The summed E-state index contributed by atoms with van der Waals surface area (Å²) in [4.78, 5) is 24.4. The zero-order chi connectivity index (χ0) is 17.7. The summed E-state index contributed by atoms with van der Waals surface area (Å²) in [7, 11) is 5.34. The van der Waals surface area contributed by atoms with Crippen LogP contribution in [0.2, 0.25) is 0 Å². The first-order chi connectivity index (χ1) is 11.6. The summed E-state index contributed by atoms with van der Waals surface area (Å²) in [5, 5.41) is 0. The van der Waals surface area contributed by atoms with E-state index in [1.807, 2.05) is 30.3 Å². The number of carbonyl (C=O) groups is 2. The van der Waals surface area contributed by atoms with Gasteiger partial charge < -0.3 is 18.9 Å². The zero-order valence-corrected chi connectivity index (χ0v) is 13.9. The van der Waals surface area contributed by atoms with E-state index in [1.54, 1.807) is 0 Å². The lowest BCUT2D eigenvalue weighted by Gasteiger charge is -2.18. The lowest BCUT2D eigenvalue weighted by atomic mass is 9.96. The second-order valence-corrected chi connectivity index (χ2v) is 4.76. The summed E-state index contributed by atoms with van der Waals surface area (Å²) in [5.41, 5.74) is 1.32. The predicted octanol–water partition coefficient (Wildman–Crippen LogP) is 2.94. The first kappa shape index (κ1) is 17.3. The Morgan fingerprint density at radius 3 is 1.96 bits per heavy atom. The van der Waals surface area contributed by atoms with E-state index in [2.05, 4.69) is 0 Å². The maximum Gasteiger partial charge on any atom is 0.342 e. The standard InChI is InChI=1S/C18H18O6/c1-21-13-10-12(17(19)23-3)15(18(20)24-4)16(22-2)14(13)11-8-6-5-7-9-11/h5-10H,1-4H3. The van der Waals surface area contributed by atoms with Crippen molar-refractivity contribution in [3.8, 4) is 22.6 Å². The van der Waals surface area contributed by atoms with Crippen molar-refractivity contribution in [2.75, 3.05) is 28.4 Å². The van der Waals surface area contributed by atoms with Crippen molar-refractivity contribution in [1.29, 1.82) is 0 Å². The van der Waals surface area contributed by atoms with Crippen molar-refractivity contribution in [1.82, 2.24) is 0 Å². The Bertz CT molecular complexity index is 752. The van der Waals surface area contributed by atoms with Crippen molar-refractivity contribution in [3.63, 3.8) is 0 Å². The van der Waals surface area contributed by atoms with Crippen molar-refractivity contribution < 1.29 is 28.5 Å². The van der Waals surface area contributed by atoms with Gasteiger partial charge in [0, 0.05) is 0 Å². The minimum Gasteiger partial charge on any atom is -0.496 e. The SMILES string of the molecule is COC(=O)c1cc(OC)c(-c2ccccc2)c(OC)c1C(=O)OC. The Morgan fingerprint density at radius 2 is 1.46 bits per heavy atom. The molecular weight excluding hydrogens is 312 g/mol. The third-order valence-electron chi connectivity index (χ3n) is 3.53. The molecule has 2 rings (SSSR count). The highest BCUT2D eigenvalue weighted by Gasteiger charge is 2.29. The number of esters is 2. The first-order valence-electron chi connectivity index (χ1n) is 7.10. The van der Waals surface area contributed by atoms with Crippen molar-refractivity contribution >= 4 is 11.9 Å². The molecule has 0 saturated carbocycles. The molecule has 0 spiro atoms. The van der Waals surface area contributed by atoms with E-state index < -0.39 is 11.9 Å². The second kappa shape index (κ2) is 7.50. The molecular formula is C18H18O6. The van der Waals surface area contributed by atoms with Crippen LogP contribution in [0, 0.1) is 0 Å². The third kappa shape index (κ3) is 3.03. The van der Waals surface area contributed by atoms with Crippen LogP contribution in [-0.4, -0.2) is 40.4 Å². The van der Waals surface area contributed by atoms with Crippen LogP contribution < -0.4 is 9.47 Å². The fourth-order valence-electron chi connectivity index (χ4n) is 2.45. The van der Waals surface area contributed by atoms with Gasteiger partial charge in [0.05, 0.1) is 39.6 Å². The monoisotopic (exact) mass is 330 g/mol. The van der Waals surface area contributed by atoms with Gasteiger partial charge in [-0.3, -0.25) is 0 Å². The molecule has 0 atom stereocenters. The van der Waals surface area contributed by atoms with Crippen LogP contribution in [0.1, 0.15) is 20.7 Å². The third-order valence-corrected chi connectivity index (χ3v) is 3.53. The Balaban J connectivity index is 2.90. The maximum absolute atomic E-state index is 12.3. The van der Waals surface area contributed by atoms with Gasteiger partial charge in [-0.2, -0.15) is 0 Å². The van der Waals surface area contributed by atoms with Crippen LogP contribution in [0.25, 0.3) is 11.1 Å². The van der Waals surface area contributed by atoms with Gasteiger partial charge in [0.25, 0.3) is 0 Å². The molecule has 2 aromatic carbocycles. The smallest absolute Gasteiger partial charge is 0.342 e. The summed E-state index contributed by atoms with van der Waals surface area (Å²) >= 11 is 0. The molecule has 126 valence electrons. The fourth-order valence-corrected chi connectivity index (χ4v) is 2.45. The molecule has 2 aromatic rings. The number of rotatable bonds is 5. The highest BCUT2D eigenvalue weighted by molar-refractivity contribution is 6.08. The average molecular weight is 330 g/mol. The van der Waals surface area contributed by atoms with Gasteiger partial charge in [-0.1, -0.05) is 30.3 Å². The molecule has 24 heavy (non-hydrogen) atoms. The summed E-state index contributed by atoms with van der Waals surface area (Å²) in [6.45, 7) is 0. The van der Waals surface area contributed by atoms with Crippen LogP contribution >= 0.6 is 0 Å². The number of hydrogen-bond acceptors (Lipinski definition) is 6. The lowest BCUT2D eigenvalue weighted by molar-refractivity contribution is 0.0552. The van der Waals surface area contributed by atoms with Gasteiger partial charge in [0.1, 0.15) is 17.1 Å². The molecule has 0 fully saturated rings. The van der Waals surface area contributed by atoms with Gasteiger partial charge in [0.2, 0.25) is 0 Å². The van der Waals surface area contributed by atoms with Crippen LogP contribution in [0.4, 0.5) is 0 Å². The summed E-state index contributed by atoms with van der Waals surface area (Å²) in [6, 6.07) is 10.7. The molecule has 0 unspecified atom stereocenters. The van der Waals surface area contributed by atoms with Gasteiger partial charge >= 0.3 is 11.9 Å². The Kier molecular flexibility index (Phi) is 5.42. The summed E-state index contributed by atoms with van der Waals surface area (Å²) in [5.74, 6) is -0.822. The quantitative estimate of drug-likeness (QED) is 0.785. The van der Waals surface area contributed by atoms with E-state index in [9.17, 15) is 9.59 Å². The van der Waals surface area contributed by atoms with Gasteiger partial charge in [-0.05, 0) is 11.6 Å². The van der Waals surface area contributed by atoms with Crippen LogP contribution in [0.15, 0.2) is 36.4 Å². The molecule has 0 radical (unpaired) electrons. The Labute approximate surface area is 139 Å². The number of carbonyl (C=O) groups excluding carboxylic acids is 2. The molecule has 0 heterocycles. The van der Waals surface area contributed by atoms with Gasteiger partial charge in [-0.15, -0.1) is 0 Å². The molecule has 0 aliphatic rings. The van der Waals surface area contributed by atoms with Crippen LogP contribution in [0.5, 0.6) is 11.5 Å². The Morgan fingerprint density at radius 1 is 0.833 bits per heavy atom. The van der Waals surface area contributed by atoms with E-state index in [-0.39, 0.29) is 16.9 Å². The highest BCUT2D eigenvalue weighted by Crippen LogP contribution is 2.43. The molecule has 0 N–H and O–H groups in total. The molecule has 6 heteroatoms. The van der Waals surface area contributed by atoms with E-state index in [4.69, 9.17) is 18.9 Å². The molecule has 0 amide bonds. The van der Waals surface area contributed by atoms with Crippen molar-refractivity contribution in [2.24, 2.45) is 0 Å². The molecule has 0 aliphatic carbocycles. The summed E-state index contributed by atoms with van der Waals surface area (Å²) in [6.07, 6.45) is 0. The zero-order valence-electron chi connectivity index (χ0n) is 13.9. The normalized spacial score (nSPS) is 10.0. The minimum atomic E-state index is -0.702. The number of ether oxygens (including phenoxy) is 4. The van der Waals surface area contributed by atoms with Crippen LogP contribution in [-0.2, 0) is 9.47 Å². The van der Waals surface area contributed by atoms with E-state index in [1.165, 1.54) is 34.5 Å². The fraction of sp³-hybridized carbons (Fsp3) is 0.222. The molecule has 0 bridgehead atoms.